The molecule has 0 radical (unpaired) electrons. The maximum Gasteiger partial charge on any atom is 0.128 e. The highest BCUT2D eigenvalue weighted by Crippen LogP contribution is 2.32. The van der Waals surface area contributed by atoms with E-state index in [-0.39, 0.29) is 11.9 Å². The molecule has 0 aliphatic carbocycles. The molecular formula is C17H19BrFN. The second-order valence-corrected chi connectivity index (χ2v) is 6.08. The molecule has 20 heavy (non-hydrogen) atoms. The van der Waals surface area contributed by atoms with Crippen LogP contribution >= 0.6 is 15.9 Å². The largest absolute Gasteiger partial charge is 0.309 e. The molecule has 2 aromatic rings. The van der Waals surface area contributed by atoms with E-state index >= 15 is 0 Å². The first-order chi connectivity index (χ1) is 9.43. The molecule has 0 aliphatic heterocycles. The van der Waals surface area contributed by atoms with Crippen molar-refractivity contribution in [2.45, 2.75) is 26.8 Å². The van der Waals surface area contributed by atoms with Gasteiger partial charge in [0.05, 0.1) is 6.04 Å². The number of benzene rings is 2. The van der Waals surface area contributed by atoms with E-state index in [0.29, 0.717) is 5.56 Å². The van der Waals surface area contributed by atoms with Crippen LogP contribution in [0.3, 0.4) is 0 Å². The van der Waals surface area contributed by atoms with E-state index in [1.54, 1.807) is 6.07 Å². The van der Waals surface area contributed by atoms with Gasteiger partial charge in [-0.25, -0.2) is 4.39 Å². The van der Waals surface area contributed by atoms with Crippen LogP contribution in [0.4, 0.5) is 4.39 Å². The fourth-order valence-corrected chi connectivity index (χ4v) is 3.34. The van der Waals surface area contributed by atoms with E-state index in [0.717, 1.165) is 21.2 Å². The molecule has 106 valence electrons. The second kappa shape index (κ2) is 6.06. The van der Waals surface area contributed by atoms with Crippen LogP contribution in [-0.4, -0.2) is 7.05 Å². The van der Waals surface area contributed by atoms with Crippen LogP contribution in [0.25, 0.3) is 0 Å². The molecular weight excluding hydrogens is 317 g/mol. The second-order valence-electron chi connectivity index (χ2n) is 5.22. The van der Waals surface area contributed by atoms with Crippen LogP contribution in [0.15, 0.2) is 34.8 Å². The Morgan fingerprint density at radius 2 is 1.75 bits per heavy atom. The summed E-state index contributed by atoms with van der Waals surface area (Å²) >= 11 is 3.59. The molecule has 1 N–H and O–H groups in total. The van der Waals surface area contributed by atoms with Gasteiger partial charge in [-0.15, -0.1) is 0 Å². The normalized spacial score (nSPS) is 12.5. The zero-order chi connectivity index (χ0) is 14.9. The standard InChI is InChI=1S/C17H19BrFN/c1-10-5-6-13(14(18)8-10)17(20-4)16-12(3)7-11(2)9-15(16)19/h5-9,17,20H,1-4H3. The third-order valence-electron chi connectivity index (χ3n) is 3.53. The summed E-state index contributed by atoms with van der Waals surface area (Å²) in [5.41, 5.74) is 4.85. The van der Waals surface area contributed by atoms with Crippen LogP contribution in [0.5, 0.6) is 0 Å². The van der Waals surface area contributed by atoms with Gasteiger partial charge in [-0.3, -0.25) is 0 Å². The van der Waals surface area contributed by atoms with Gasteiger partial charge < -0.3 is 5.32 Å². The summed E-state index contributed by atoms with van der Waals surface area (Å²) in [5.74, 6) is -0.158. The van der Waals surface area contributed by atoms with Gasteiger partial charge in [0.2, 0.25) is 0 Å². The monoisotopic (exact) mass is 335 g/mol. The fraction of sp³-hybridized carbons (Fsp3) is 0.294. The van der Waals surface area contributed by atoms with Crippen LogP contribution in [0, 0.1) is 26.6 Å². The fourth-order valence-electron chi connectivity index (χ4n) is 2.61. The lowest BCUT2D eigenvalue weighted by atomic mass is 9.93. The minimum absolute atomic E-state index is 0.158. The highest BCUT2D eigenvalue weighted by atomic mass is 79.9. The molecule has 0 saturated heterocycles. The molecule has 2 rings (SSSR count). The first kappa shape index (κ1) is 15.2. The Labute approximate surface area is 128 Å². The minimum atomic E-state index is -0.162. The van der Waals surface area contributed by atoms with Gasteiger partial charge in [-0.05, 0) is 62.2 Å². The molecule has 3 heteroatoms. The number of hydrogen-bond donors (Lipinski definition) is 1. The van der Waals surface area contributed by atoms with E-state index in [1.165, 1.54) is 5.56 Å². The number of nitrogens with one attached hydrogen (secondary N) is 1. The van der Waals surface area contributed by atoms with Crippen molar-refractivity contribution >= 4 is 15.9 Å². The third kappa shape index (κ3) is 2.94. The van der Waals surface area contributed by atoms with Crippen molar-refractivity contribution in [3.8, 4) is 0 Å². The first-order valence-corrected chi connectivity index (χ1v) is 7.43. The molecule has 0 aromatic heterocycles. The molecule has 0 fully saturated rings. The smallest absolute Gasteiger partial charge is 0.128 e. The summed E-state index contributed by atoms with van der Waals surface area (Å²) in [5, 5.41) is 3.23. The van der Waals surface area contributed by atoms with Gasteiger partial charge in [0.1, 0.15) is 5.82 Å². The molecule has 1 unspecified atom stereocenters. The molecule has 1 nitrogen and oxygen atoms in total. The Balaban J connectivity index is 2.58. The number of aryl methyl sites for hydroxylation is 3. The molecule has 2 aromatic carbocycles. The molecule has 0 aliphatic rings. The van der Waals surface area contributed by atoms with Crippen LogP contribution < -0.4 is 5.32 Å². The summed E-state index contributed by atoms with van der Waals surface area (Å²) in [6, 6.07) is 9.59. The lowest BCUT2D eigenvalue weighted by Gasteiger charge is -2.22. The number of hydrogen-bond acceptors (Lipinski definition) is 1. The van der Waals surface area contributed by atoms with Crippen molar-refractivity contribution in [1.29, 1.82) is 0 Å². The Morgan fingerprint density at radius 3 is 2.30 bits per heavy atom. The molecule has 0 amide bonds. The van der Waals surface area contributed by atoms with Crippen LogP contribution in [0.1, 0.15) is 33.9 Å². The van der Waals surface area contributed by atoms with Crippen molar-refractivity contribution in [1.82, 2.24) is 5.32 Å². The Kier molecular flexibility index (Phi) is 4.61. The topological polar surface area (TPSA) is 12.0 Å². The molecule has 0 heterocycles. The highest BCUT2D eigenvalue weighted by molar-refractivity contribution is 9.10. The minimum Gasteiger partial charge on any atom is -0.309 e. The Hall–Kier alpha value is -1.19. The zero-order valence-corrected chi connectivity index (χ0v) is 13.8. The van der Waals surface area contributed by atoms with Gasteiger partial charge in [0.15, 0.2) is 0 Å². The van der Waals surface area contributed by atoms with Crippen molar-refractivity contribution < 1.29 is 4.39 Å². The maximum absolute atomic E-state index is 14.4. The van der Waals surface area contributed by atoms with Gasteiger partial charge in [0.25, 0.3) is 0 Å². The van der Waals surface area contributed by atoms with Gasteiger partial charge in [-0.2, -0.15) is 0 Å². The SMILES string of the molecule is CNC(c1ccc(C)cc1Br)c1c(C)cc(C)cc1F. The Morgan fingerprint density at radius 1 is 1.05 bits per heavy atom. The Bertz CT molecular complexity index is 614. The highest BCUT2D eigenvalue weighted by Gasteiger charge is 2.20. The van der Waals surface area contributed by atoms with E-state index in [4.69, 9.17) is 0 Å². The quantitative estimate of drug-likeness (QED) is 0.847. The average molecular weight is 336 g/mol. The summed E-state index contributed by atoms with van der Waals surface area (Å²) in [6.45, 7) is 5.91. The van der Waals surface area contributed by atoms with E-state index in [1.807, 2.05) is 46.0 Å². The van der Waals surface area contributed by atoms with Gasteiger partial charge in [-0.1, -0.05) is 34.1 Å². The summed E-state index contributed by atoms with van der Waals surface area (Å²) < 4.78 is 15.4. The summed E-state index contributed by atoms with van der Waals surface area (Å²) in [7, 11) is 1.86. The predicted molar refractivity (Wildman–Crippen MR) is 85.7 cm³/mol. The predicted octanol–water partition coefficient (Wildman–Crippen LogP) is 4.82. The lowest BCUT2D eigenvalue weighted by molar-refractivity contribution is 0.571. The van der Waals surface area contributed by atoms with Crippen molar-refractivity contribution in [3.05, 3.63) is 68.4 Å². The maximum atomic E-state index is 14.4. The van der Waals surface area contributed by atoms with Crippen LogP contribution in [-0.2, 0) is 0 Å². The van der Waals surface area contributed by atoms with E-state index in [2.05, 4.69) is 27.3 Å². The zero-order valence-electron chi connectivity index (χ0n) is 12.2. The van der Waals surface area contributed by atoms with Crippen molar-refractivity contribution in [3.63, 3.8) is 0 Å². The summed E-state index contributed by atoms with van der Waals surface area (Å²) in [4.78, 5) is 0. The summed E-state index contributed by atoms with van der Waals surface area (Å²) in [6.07, 6.45) is 0. The van der Waals surface area contributed by atoms with Crippen molar-refractivity contribution in [2.75, 3.05) is 7.05 Å². The number of rotatable bonds is 3. The van der Waals surface area contributed by atoms with Crippen molar-refractivity contribution in [2.24, 2.45) is 0 Å². The van der Waals surface area contributed by atoms with Gasteiger partial charge in [0, 0.05) is 10.0 Å². The van der Waals surface area contributed by atoms with Gasteiger partial charge >= 0.3 is 0 Å². The average Bonchev–Trinajstić information content (AvgIpc) is 2.34. The van der Waals surface area contributed by atoms with E-state index in [9.17, 15) is 4.39 Å². The first-order valence-electron chi connectivity index (χ1n) is 6.64. The lowest BCUT2D eigenvalue weighted by Crippen LogP contribution is -2.20. The molecule has 0 bridgehead atoms. The number of halogens is 2. The third-order valence-corrected chi connectivity index (χ3v) is 4.21. The molecule has 0 spiro atoms. The van der Waals surface area contributed by atoms with Crippen LogP contribution in [0.2, 0.25) is 0 Å². The molecule has 0 saturated carbocycles. The molecule has 1 atom stereocenters. The van der Waals surface area contributed by atoms with E-state index < -0.39 is 0 Å².